The van der Waals surface area contributed by atoms with E-state index in [1.165, 1.54) is 0 Å². The molecule has 5 nitrogen and oxygen atoms in total. The van der Waals surface area contributed by atoms with Gasteiger partial charge < -0.3 is 19.3 Å². The molecule has 2 rings (SSSR count). The van der Waals surface area contributed by atoms with Crippen LogP contribution in [0, 0.1) is 0 Å². The first-order valence-electron chi connectivity index (χ1n) is 6.70. The second kappa shape index (κ2) is 5.34. The molecule has 0 aromatic rings. The Bertz CT molecular complexity index is 340. The molecule has 1 heterocycles. The van der Waals surface area contributed by atoms with Gasteiger partial charge in [0.25, 0.3) is 0 Å². The Morgan fingerprint density at radius 2 is 2.26 bits per heavy atom. The number of aliphatic hydroxyl groups is 1. The summed E-state index contributed by atoms with van der Waals surface area (Å²) in [5.74, 6) is -1.91. The molecule has 3 unspecified atom stereocenters. The molecule has 0 amide bonds. The van der Waals surface area contributed by atoms with Crippen molar-refractivity contribution in [2.75, 3.05) is 13.2 Å². The second-order valence-corrected chi connectivity index (χ2v) is 5.66. The van der Waals surface area contributed by atoms with Crippen LogP contribution in [0.2, 0.25) is 0 Å². The van der Waals surface area contributed by atoms with Crippen LogP contribution < -0.4 is 0 Å². The molecular weight excluding hydrogens is 255 g/mol. The van der Waals surface area contributed by atoms with Gasteiger partial charge in [-0.15, -0.1) is 0 Å². The maximum atomic E-state index is 13.6. The standard InChI is InChI=1S/C13H21FO5/c1-12(2,14)11(16)18-10-5-3-4-6-13(10)17-8-9(7-15)19-13/h9-10,15H,3-8H2,1-2H3. The summed E-state index contributed by atoms with van der Waals surface area (Å²) in [6.45, 7) is 2.45. The van der Waals surface area contributed by atoms with Gasteiger partial charge in [0.1, 0.15) is 6.10 Å². The minimum atomic E-state index is -2.03. The van der Waals surface area contributed by atoms with Crippen molar-refractivity contribution in [1.82, 2.24) is 0 Å². The summed E-state index contributed by atoms with van der Waals surface area (Å²) >= 11 is 0. The summed E-state index contributed by atoms with van der Waals surface area (Å²) < 4.78 is 30.1. The highest BCUT2D eigenvalue weighted by atomic mass is 19.1. The van der Waals surface area contributed by atoms with Crippen molar-refractivity contribution >= 4 is 5.97 Å². The van der Waals surface area contributed by atoms with E-state index >= 15 is 0 Å². The van der Waals surface area contributed by atoms with Crippen molar-refractivity contribution in [2.24, 2.45) is 0 Å². The highest BCUT2D eigenvalue weighted by Crippen LogP contribution is 2.40. The fraction of sp³-hybridized carbons (Fsp3) is 0.923. The molecule has 6 heteroatoms. The van der Waals surface area contributed by atoms with Gasteiger partial charge in [0.15, 0.2) is 6.10 Å². The summed E-state index contributed by atoms with van der Waals surface area (Å²) in [6.07, 6.45) is 1.93. The number of esters is 1. The molecular formula is C13H21FO5. The normalized spacial score (nSPS) is 35.6. The molecule has 0 aromatic heterocycles. The molecule has 1 saturated heterocycles. The molecule has 1 aliphatic heterocycles. The molecule has 3 atom stereocenters. The van der Waals surface area contributed by atoms with Gasteiger partial charge in [-0.2, -0.15) is 0 Å². The molecule has 0 aromatic carbocycles. The van der Waals surface area contributed by atoms with E-state index in [0.717, 1.165) is 26.7 Å². The van der Waals surface area contributed by atoms with E-state index in [0.29, 0.717) is 12.8 Å². The van der Waals surface area contributed by atoms with Crippen LogP contribution in [0.15, 0.2) is 0 Å². The van der Waals surface area contributed by atoms with Crippen LogP contribution in [0.1, 0.15) is 39.5 Å². The molecule has 1 spiro atoms. The lowest BCUT2D eigenvalue weighted by Crippen LogP contribution is -2.50. The highest BCUT2D eigenvalue weighted by Gasteiger charge is 2.52. The Balaban J connectivity index is 2.07. The first kappa shape index (κ1) is 14.7. The lowest BCUT2D eigenvalue weighted by Gasteiger charge is -2.39. The van der Waals surface area contributed by atoms with E-state index in [4.69, 9.17) is 19.3 Å². The number of carbonyl (C=O) groups is 1. The Morgan fingerprint density at radius 1 is 1.53 bits per heavy atom. The Hall–Kier alpha value is -0.720. The van der Waals surface area contributed by atoms with Crippen LogP contribution in [0.25, 0.3) is 0 Å². The molecule has 1 aliphatic carbocycles. The zero-order chi connectivity index (χ0) is 14.1. The smallest absolute Gasteiger partial charge is 0.343 e. The molecule has 0 bridgehead atoms. The van der Waals surface area contributed by atoms with Crippen molar-refractivity contribution in [1.29, 1.82) is 0 Å². The van der Waals surface area contributed by atoms with Gasteiger partial charge in [-0.25, -0.2) is 9.18 Å². The lowest BCUT2D eigenvalue weighted by atomic mass is 9.91. The van der Waals surface area contributed by atoms with Crippen molar-refractivity contribution in [3.05, 3.63) is 0 Å². The van der Waals surface area contributed by atoms with Crippen molar-refractivity contribution in [3.8, 4) is 0 Å². The van der Waals surface area contributed by atoms with E-state index in [1.807, 2.05) is 0 Å². The zero-order valence-electron chi connectivity index (χ0n) is 11.4. The Kier molecular flexibility index (Phi) is 4.13. The fourth-order valence-corrected chi connectivity index (χ4v) is 2.47. The van der Waals surface area contributed by atoms with Crippen LogP contribution in [-0.2, 0) is 19.0 Å². The maximum Gasteiger partial charge on any atom is 0.343 e. The van der Waals surface area contributed by atoms with E-state index < -0.39 is 29.6 Å². The van der Waals surface area contributed by atoms with Crippen molar-refractivity contribution < 1.29 is 28.5 Å². The van der Waals surface area contributed by atoms with Gasteiger partial charge in [-0.1, -0.05) is 0 Å². The van der Waals surface area contributed by atoms with Crippen molar-refractivity contribution in [2.45, 2.75) is 63.2 Å². The van der Waals surface area contributed by atoms with Crippen LogP contribution in [0.4, 0.5) is 4.39 Å². The third-order valence-electron chi connectivity index (χ3n) is 3.55. The predicted octanol–water partition coefficient (Wildman–Crippen LogP) is 1.32. The number of halogens is 1. The van der Waals surface area contributed by atoms with E-state index in [1.54, 1.807) is 0 Å². The molecule has 1 saturated carbocycles. The maximum absolute atomic E-state index is 13.6. The van der Waals surface area contributed by atoms with Gasteiger partial charge in [0.05, 0.1) is 13.2 Å². The fourth-order valence-electron chi connectivity index (χ4n) is 2.47. The Labute approximate surface area is 112 Å². The number of alkyl halides is 1. The average Bonchev–Trinajstić information content (AvgIpc) is 2.75. The van der Waals surface area contributed by atoms with Gasteiger partial charge >= 0.3 is 5.97 Å². The third-order valence-corrected chi connectivity index (χ3v) is 3.55. The lowest BCUT2D eigenvalue weighted by molar-refractivity contribution is -0.256. The number of aliphatic hydroxyl groups excluding tert-OH is 1. The number of hydrogen-bond donors (Lipinski definition) is 1. The summed E-state index contributed by atoms with van der Waals surface area (Å²) in [5, 5.41) is 9.10. The monoisotopic (exact) mass is 276 g/mol. The zero-order valence-corrected chi connectivity index (χ0v) is 11.4. The Morgan fingerprint density at radius 3 is 2.84 bits per heavy atom. The molecule has 19 heavy (non-hydrogen) atoms. The topological polar surface area (TPSA) is 65.0 Å². The molecule has 2 fully saturated rings. The number of carbonyl (C=O) groups excluding carboxylic acids is 1. The second-order valence-electron chi connectivity index (χ2n) is 5.66. The number of rotatable bonds is 3. The predicted molar refractivity (Wildman–Crippen MR) is 64.2 cm³/mol. The number of ether oxygens (including phenoxy) is 3. The summed E-state index contributed by atoms with van der Waals surface area (Å²) in [7, 11) is 0. The van der Waals surface area contributed by atoms with E-state index in [9.17, 15) is 9.18 Å². The van der Waals surface area contributed by atoms with Gasteiger partial charge in [0, 0.05) is 6.42 Å². The summed E-state index contributed by atoms with van der Waals surface area (Å²) in [4.78, 5) is 11.7. The summed E-state index contributed by atoms with van der Waals surface area (Å²) in [5.41, 5.74) is -2.03. The first-order valence-corrected chi connectivity index (χ1v) is 6.70. The van der Waals surface area contributed by atoms with E-state index in [2.05, 4.69) is 0 Å². The third kappa shape index (κ3) is 3.07. The SMILES string of the molecule is CC(C)(F)C(=O)OC1CCCCC12OCC(CO)O2. The largest absolute Gasteiger partial charge is 0.454 e. The molecule has 2 aliphatic rings. The van der Waals surface area contributed by atoms with Gasteiger partial charge in [0.2, 0.25) is 11.5 Å². The first-order chi connectivity index (χ1) is 8.87. The number of hydrogen-bond acceptors (Lipinski definition) is 5. The minimum Gasteiger partial charge on any atom is -0.454 e. The quantitative estimate of drug-likeness (QED) is 0.788. The summed E-state index contributed by atoms with van der Waals surface area (Å²) in [6, 6.07) is 0. The average molecular weight is 276 g/mol. The highest BCUT2D eigenvalue weighted by molar-refractivity contribution is 5.78. The molecule has 1 N–H and O–H groups in total. The van der Waals surface area contributed by atoms with Crippen LogP contribution in [0.5, 0.6) is 0 Å². The van der Waals surface area contributed by atoms with Gasteiger partial charge in [-0.05, 0) is 33.1 Å². The minimum absolute atomic E-state index is 0.142. The van der Waals surface area contributed by atoms with Crippen molar-refractivity contribution in [3.63, 3.8) is 0 Å². The van der Waals surface area contributed by atoms with Crippen LogP contribution in [0.3, 0.4) is 0 Å². The van der Waals surface area contributed by atoms with E-state index in [-0.39, 0.29) is 13.2 Å². The van der Waals surface area contributed by atoms with Crippen LogP contribution >= 0.6 is 0 Å². The van der Waals surface area contributed by atoms with Crippen LogP contribution in [-0.4, -0.2) is 48.0 Å². The van der Waals surface area contributed by atoms with Gasteiger partial charge in [-0.3, -0.25) is 0 Å². The molecule has 110 valence electrons. The molecule has 0 radical (unpaired) electrons.